The van der Waals surface area contributed by atoms with Crippen LogP contribution < -0.4 is 10.2 Å². The average Bonchev–Trinajstić information content (AvgIpc) is 2.39. The third kappa shape index (κ3) is 4.21. The van der Waals surface area contributed by atoms with Gasteiger partial charge >= 0.3 is 5.97 Å². The van der Waals surface area contributed by atoms with Gasteiger partial charge in [-0.1, -0.05) is 12.1 Å². The van der Waals surface area contributed by atoms with Crippen molar-refractivity contribution in [2.75, 3.05) is 24.5 Å². The first kappa shape index (κ1) is 14.3. The molecule has 1 aromatic rings. The van der Waals surface area contributed by atoms with Crippen LogP contribution in [-0.2, 0) is 4.79 Å². The second-order valence-corrected chi connectivity index (χ2v) is 5.69. The summed E-state index contributed by atoms with van der Waals surface area (Å²) < 4.78 is 1.11. The minimum atomic E-state index is -0.744. The summed E-state index contributed by atoms with van der Waals surface area (Å²) in [5.74, 6) is -0.744. The van der Waals surface area contributed by atoms with Crippen molar-refractivity contribution >= 4 is 27.6 Å². The van der Waals surface area contributed by atoms with Gasteiger partial charge in [-0.05, 0) is 40.9 Å². The van der Waals surface area contributed by atoms with E-state index in [1.165, 1.54) is 5.69 Å². The quantitative estimate of drug-likeness (QED) is 0.872. The average molecular weight is 327 g/mol. The molecule has 2 N–H and O–H groups in total. The van der Waals surface area contributed by atoms with E-state index in [9.17, 15) is 4.79 Å². The number of hydrogen-bond donors (Lipinski definition) is 2. The number of para-hydroxylation sites is 1. The molecule has 1 aliphatic rings. The van der Waals surface area contributed by atoms with Gasteiger partial charge in [-0.3, -0.25) is 4.79 Å². The van der Waals surface area contributed by atoms with E-state index in [4.69, 9.17) is 5.11 Å². The topological polar surface area (TPSA) is 52.6 Å². The molecule has 1 aromatic carbocycles. The molecular formula is C14H19BrN2O2. The van der Waals surface area contributed by atoms with Crippen molar-refractivity contribution in [1.82, 2.24) is 5.32 Å². The first-order valence-electron chi connectivity index (χ1n) is 6.61. The minimum absolute atomic E-state index is 0.186. The van der Waals surface area contributed by atoms with E-state index < -0.39 is 5.97 Å². The zero-order chi connectivity index (χ0) is 13.7. The zero-order valence-electron chi connectivity index (χ0n) is 10.8. The number of aliphatic carboxylic acids is 1. The molecule has 1 atom stereocenters. The molecule has 1 heterocycles. The van der Waals surface area contributed by atoms with Gasteiger partial charge in [-0.25, -0.2) is 0 Å². The van der Waals surface area contributed by atoms with Gasteiger partial charge in [0.25, 0.3) is 0 Å². The van der Waals surface area contributed by atoms with Crippen LogP contribution >= 0.6 is 15.9 Å². The summed E-state index contributed by atoms with van der Waals surface area (Å²) >= 11 is 3.58. The Balaban J connectivity index is 1.90. The highest BCUT2D eigenvalue weighted by atomic mass is 79.9. The van der Waals surface area contributed by atoms with Crippen molar-refractivity contribution in [1.29, 1.82) is 0 Å². The van der Waals surface area contributed by atoms with Crippen LogP contribution in [0.4, 0.5) is 5.69 Å². The second kappa shape index (κ2) is 6.91. The molecule has 2 rings (SSSR count). The number of carboxylic acids is 1. The van der Waals surface area contributed by atoms with E-state index in [0.29, 0.717) is 12.6 Å². The largest absolute Gasteiger partial charge is 0.481 e. The highest BCUT2D eigenvalue weighted by Crippen LogP contribution is 2.28. The van der Waals surface area contributed by atoms with Crippen molar-refractivity contribution in [3.63, 3.8) is 0 Å². The molecule has 19 heavy (non-hydrogen) atoms. The molecule has 0 spiro atoms. The predicted octanol–water partition coefficient (Wildman–Crippen LogP) is 2.48. The van der Waals surface area contributed by atoms with Gasteiger partial charge in [-0.2, -0.15) is 0 Å². The molecule has 0 amide bonds. The molecule has 0 radical (unpaired) electrons. The Kier molecular flexibility index (Phi) is 5.22. The number of piperidine rings is 1. The summed E-state index contributed by atoms with van der Waals surface area (Å²) in [4.78, 5) is 12.9. The molecule has 0 saturated carbocycles. The number of anilines is 1. The van der Waals surface area contributed by atoms with E-state index >= 15 is 0 Å². The number of nitrogens with zero attached hydrogens (tertiary/aromatic N) is 1. The van der Waals surface area contributed by atoms with E-state index in [2.05, 4.69) is 38.3 Å². The van der Waals surface area contributed by atoms with Crippen molar-refractivity contribution in [3.05, 3.63) is 28.7 Å². The Hall–Kier alpha value is -1.07. The van der Waals surface area contributed by atoms with Crippen molar-refractivity contribution < 1.29 is 9.90 Å². The number of benzene rings is 1. The molecule has 4 nitrogen and oxygen atoms in total. The molecule has 0 aliphatic carbocycles. The maximum atomic E-state index is 10.5. The molecule has 1 fully saturated rings. The summed E-state index contributed by atoms with van der Waals surface area (Å²) in [5, 5.41) is 12.0. The smallest absolute Gasteiger partial charge is 0.304 e. The predicted molar refractivity (Wildman–Crippen MR) is 79.6 cm³/mol. The minimum Gasteiger partial charge on any atom is -0.481 e. The van der Waals surface area contributed by atoms with E-state index in [-0.39, 0.29) is 6.42 Å². The Labute approximate surface area is 121 Å². The lowest BCUT2D eigenvalue weighted by molar-refractivity contribution is -0.136. The first-order valence-corrected chi connectivity index (χ1v) is 7.41. The zero-order valence-corrected chi connectivity index (χ0v) is 12.4. The van der Waals surface area contributed by atoms with Crippen LogP contribution in [0.2, 0.25) is 0 Å². The van der Waals surface area contributed by atoms with Gasteiger partial charge in [0.1, 0.15) is 0 Å². The molecule has 0 aromatic heterocycles. The SMILES string of the molecule is O=C(O)CCNC1CCCN(c2ccccc2Br)C1. The Morgan fingerprint density at radius 1 is 1.47 bits per heavy atom. The monoisotopic (exact) mass is 326 g/mol. The molecule has 1 saturated heterocycles. The van der Waals surface area contributed by atoms with Crippen LogP contribution in [-0.4, -0.2) is 36.8 Å². The summed E-state index contributed by atoms with van der Waals surface area (Å²) in [6, 6.07) is 8.60. The fraction of sp³-hybridized carbons (Fsp3) is 0.500. The molecule has 0 bridgehead atoms. The number of rotatable bonds is 5. The van der Waals surface area contributed by atoms with Gasteiger partial charge in [0.05, 0.1) is 12.1 Å². The summed E-state index contributed by atoms with van der Waals surface area (Å²) in [7, 11) is 0. The molecule has 104 valence electrons. The third-order valence-electron chi connectivity index (χ3n) is 3.39. The highest BCUT2D eigenvalue weighted by Gasteiger charge is 2.20. The van der Waals surface area contributed by atoms with Crippen LogP contribution in [0.25, 0.3) is 0 Å². The van der Waals surface area contributed by atoms with Crippen LogP contribution in [0.1, 0.15) is 19.3 Å². The first-order chi connectivity index (χ1) is 9.16. The summed E-state index contributed by atoms with van der Waals surface area (Å²) in [6.07, 6.45) is 2.43. The Morgan fingerprint density at radius 2 is 2.26 bits per heavy atom. The van der Waals surface area contributed by atoms with Crippen molar-refractivity contribution in [3.8, 4) is 0 Å². The molecule has 1 aliphatic heterocycles. The van der Waals surface area contributed by atoms with Crippen LogP contribution in [0.15, 0.2) is 28.7 Å². The van der Waals surface area contributed by atoms with Gasteiger partial charge in [-0.15, -0.1) is 0 Å². The maximum Gasteiger partial charge on any atom is 0.304 e. The standard InChI is InChI=1S/C14H19BrN2O2/c15-12-5-1-2-6-13(12)17-9-3-4-11(10-17)16-8-7-14(18)19/h1-2,5-6,11,16H,3-4,7-10H2,(H,18,19). The summed E-state index contributed by atoms with van der Waals surface area (Å²) in [5.41, 5.74) is 1.22. The van der Waals surface area contributed by atoms with Gasteiger partial charge < -0.3 is 15.3 Å². The fourth-order valence-electron chi connectivity index (χ4n) is 2.45. The number of carboxylic acid groups (broad SMARTS) is 1. The maximum absolute atomic E-state index is 10.5. The van der Waals surface area contributed by atoms with Crippen LogP contribution in [0.3, 0.4) is 0 Å². The molecular weight excluding hydrogens is 308 g/mol. The van der Waals surface area contributed by atoms with Crippen molar-refractivity contribution in [2.45, 2.75) is 25.3 Å². The number of hydrogen-bond acceptors (Lipinski definition) is 3. The Bertz CT molecular complexity index is 439. The second-order valence-electron chi connectivity index (χ2n) is 4.83. The van der Waals surface area contributed by atoms with Gasteiger partial charge in [0, 0.05) is 30.1 Å². The van der Waals surface area contributed by atoms with Crippen LogP contribution in [0, 0.1) is 0 Å². The van der Waals surface area contributed by atoms with Crippen molar-refractivity contribution in [2.24, 2.45) is 0 Å². The lowest BCUT2D eigenvalue weighted by Crippen LogP contribution is -2.46. The normalized spacial score (nSPS) is 19.4. The van der Waals surface area contributed by atoms with E-state index in [1.54, 1.807) is 0 Å². The molecule has 5 heteroatoms. The Morgan fingerprint density at radius 3 is 3.00 bits per heavy atom. The van der Waals surface area contributed by atoms with Gasteiger partial charge in [0.15, 0.2) is 0 Å². The van der Waals surface area contributed by atoms with E-state index in [0.717, 1.165) is 30.4 Å². The lowest BCUT2D eigenvalue weighted by atomic mass is 10.0. The fourth-order valence-corrected chi connectivity index (χ4v) is 2.99. The number of halogens is 1. The van der Waals surface area contributed by atoms with E-state index in [1.807, 2.05) is 12.1 Å². The molecule has 1 unspecified atom stereocenters. The summed E-state index contributed by atoms with van der Waals surface area (Å²) in [6.45, 7) is 2.53. The highest BCUT2D eigenvalue weighted by molar-refractivity contribution is 9.10. The lowest BCUT2D eigenvalue weighted by Gasteiger charge is -2.35. The number of nitrogens with one attached hydrogen (secondary N) is 1. The van der Waals surface area contributed by atoms with Crippen LogP contribution in [0.5, 0.6) is 0 Å². The van der Waals surface area contributed by atoms with Gasteiger partial charge in [0.2, 0.25) is 0 Å². The number of carbonyl (C=O) groups is 1. The third-order valence-corrected chi connectivity index (χ3v) is 4.06.